The first-order valence-corrected chi connectivity index (χ1v) is 10.6. The highest BCUT2D eigenvalue weighted by Crippen LogP contribution is 2.38. The van der Waals surface area contributed by atoms with Crippen LogP contribution in [0.4, 0.5) is 11.4 Å². The molecular formula is C21H18N2O7S2. The number of thioether (sulfide) groups is 1. The Morgan fingerprint density at radius 3 is 2.72 bits per heavy atom. The van der Waals surface area contributed by atoms with E-state index in [9.17, 15) is 19.7 Å². The van der Waals surface area contributed by atoms with Crippen LogP contribution < -0.4 is 14.4 Å². The molecule has 3 rings (SSSR count). The van der Waals surface area contributed by atoms with E-state index in [1.54, 1.807) is 37.3 Å². The number of anilines is 1. The van der Waals surface area contributed by atoms with Crippen molar-refractivity contribution >= 4 is 57.6 Å². The number of methoxy groups -OCH3 is 1. The molecule has 0 aliphatic carbocycles. The maximum atomic E-state index is 12.9. The fraction of sp³-hybridized carbons (Fsp3) is 0.190. The second-order valence-corrected chi connectivity index (χ2v) is 7.97. The Morgan fingerprint density at radius 2 is 2.03 bits per heavy atom. The number of nitrogens with zero attached hydrogens (tertiary/aromatic N) is 2. The molecule has 0 unspecified atom stereocenters. The largest absolute Gasteiger partial charge is 0.493 e. The normalized spacial score (nSPS) is 14.6. The molecule has 1 aliphatic rings. The van der Waals surface area contributed by atoms with Crippen molar-refractivity contribution in [2.24, 2.45) is 0 Å². The van der Waals surface area contributed by atoms with E-state index in [-0.39, 0.29) is 29.1 Å². The van der Waals surface area contributed by atoms with Crippen LogP contribution in [-0.4, -0.2) is 41.4 Å². The van der Waals surface area contributed by atoms with E-state index >= 15 is 0 Å². The van der Waals surface area contributed by atoms with Gasteiger partial charge in [-0.3, -0.25) is 19.8 Å². The van der Waals surface area contributed by atoms with Crippen LogP contribution in [-0.2, 0) is 14.3 Å². The molecule has 166 valence electrons. The van der Waals surface area contributed by atoms with Crippen LogP contribution >= 0.6 is 24.0 Å². The molecule has 1 saturated heterocycles. The summed E-state index contributed by atoms with van der Waals surface area (Å²) in [6.07, 6.45) is 1.63. The number of nitro groups is 1. The Morgan fingerprint density at radius 1 is 1.25 bits per heavy atom. The number of carbonyl (C=O) groups excluding carboxylic acids is 2. The zero-order chi connectivity index (χ0) is 23.3. The van der Waals surface area contributed by atoms with E-state index in [0.717, 1.165) is 11.8 Å². The summed E-state index contributed by atoms with van der Waals surface area (Å²) in [5, 5.41) is 11.0. The van der Waals surface area contributed by atoms with E-state index in [1.807, 2.05) is 0 Å². The molecule has 1 aliphatic heterocycles. The number of esters is 1. The number of ether oxygens (including phenoxy) is 3. The second kappa shape index (κ2) is 10.2. The Hall–Kier alpha value is -3.44. The number of carbonyl (C=O) groups is 2. The molecule has 2 aromatic rings. The van der Waals surface area contributed by atoms with Gasteiger partial charge < -0.3 is 14.2 Å². The summed E-state index contributed by atoms with van der Waals surface area (Å²) >= 11 is 6.41. The number of benzene rings is 2. The first-order chi connectivity index (χ1) is 15.3. The number of hydrogen-bond donors (Lipinski definition) is 0. The molecule has 1 amide bonds. The maximum Gasteiger partial charge on any atom is 0.344 e. The van der Waals surface area contributed by atoms with Crippen LogP contribution in [0.1, 0.15) is 12.5 Å². The van der Waals surface area contributed by atoms with Crippen molar-refractivity contribution < 1.29 is 28.7 Å². The SMILES string of the molecule is CCOC(=O)COc1ccc(/C=C2/SC(=S)N(c3cccc([N+](=O)[O-])c3)C2=O)cc1OC. The fourth-order valence-corrected chi connectivity index (χ4v) is 4.12. The summed E-state index contributed by atoms with van der Waals surface area (Å²) in [6.45, 7) is 1.70. The van der Waals surface area contributed by atoms with Gasteiger partial charge in [0.25, 0.3) is 11.6 Å². The van der Waals surface area contributed by atoms with Gasteiger partial charge in [0.1, 0.15) is 0 Å². The number of non-ortho nitro benzene ring substituents is 1. The Balaban J connectivity index is 1.82. The molecular weight excluding hydrogens is 456 g/mol. The molecule has 11 heteroatoms. The van der Waals surface area contributed by atoms with Crippen molar-refractivity contribution in [3.63, 3.8) is 0 Å². The lowest BCUT2D eigenvalue weighted by molar-refractivity contribution is -0.384. The molecule has 0 atom stereocenters. The van der Waals surface area contributed by atoms with Crippen LogP contribution in [0, 0.1) is 10.1 Å². The van der Waals surface area contributed by atoms with Crippen molar-refractivity contribution in [1.29, 1.82) is 0 Å². The monoisotopic (exact) mass is 474 g/mol. The zero-order valence-electron chi connectivity index (χ0n) is 17.1. The van der Waals surface area contributed by atoms with Gasteiger partial charge in [-0.05, 0) is 36.8 Å². The van der Waals surface area contributed by atoms with E-state index in [4.69, 9.17) is 26.4 Å². The van der Waals surface area contributed by atoms with Crippen molar-refractivity contribution in [2.75, 3.05) is 25.2 Å². The van der Waals surface area contributed by atoms with Crippen molar-refractivity contribution in [3.05, 3.63) is 63.0 Å². The average Bonchev–Trinajstić information content (AvgIpc) is 3.05. The molecule has 1 fully saturated rings. The lowest BCUT2D eigenvalue weighted by Crippen LogP contribution is -2.27. The summed E-state index contributed by atoms with van der Waals surface area (Å²) in [7, 11) is 1.46. The number of nitro benzene ring substituents is 1. The number of amides is 1. The highest BCUT2D eigenvalue weighted by molar-refractivity contribution is 8.27. The average molecular weight is 475 g/mol. The molecule has 0 spiro atoms. The first kappa shape index (κ1) is 23.2. The summed E-state index contributed by atoms with van der Waals surface area (Å²) in [4.78, 5) is 36.5. The summed E-state index contributed by atoms with van der Waals surface area (Å²) in [6, 6.07) is 10.7. The van der Waals surface area contributed by atoms with Gasteiger partial charge >= 0.3 is 5.97 Å². The van der Waals surface area contributed by atoms with Gasteiger partial charge in [-0.1, -0.05) is 36.1 Å². The molecule has 0 N–H and O–H groups in total. The molecule has 0 saturated carbocycles. The van der Waals surface area contributed by atoms with Crippen LogP contribution in [0.15, 0.2) is 47.4 Å². The Kier molecular flexibility index (Phi) is 7.44. The Labute approximate surface area is 193 Å². The minimum atomic E-state index is -0.533. The van der Waals surface area contributed by atoms with Crippen molar-refractivity contribution in [3.8, 4) is 11.5 Å². The minimum Gasteiger partial charge on any atom is -0.493 e. The maximum absolute atomic E-state index is 12.9. The zero-order valence-corrected chi connectivity index (χ0v) is 18.7. The number of rotatable bonds is 8. The van der Waals surface area contributed by atoms with Gasteiger partial charge in [-0.2, -0.15) is 0 Å². The molecule has 0 bridgehead atoms. The molecule has 0 radical (unpaired) electrons. The fourth-order valence-electron chi connectivity index (χ4n) is 2.82. The van der Waals surface area contributed by atoms with Gasteiger partial charge in [0.15, 0.2) is 22.4 Å². The molecule has 1 heterocycles. The first-order valence-electron chi connectivity index (χ1n) is 9.33. The third-order valence-corrected chi connectivity index (χ3v) is 5.53. The van der Waals surface area contributed by atoms with Crippen LogP contribution in [0.2, 0.25) is 0 Å². The van der Waals surface area contributed by atoms with Gasteiger partial charge in [-0.15, -0.1) is 0 Å². The summed E-state index contributed by atoms with van der Waals surface area (Å²) in [5.74, 6) is -0.162. The van der Waals surface area contributed by atoms with E-state index in [0.29, 0.717) is 27.7 Å². The predicted molar refractivity (Wildman–Crippen MR) is 124 cm³/mol. The van der Waals surface area contributed by atoms with Gasteiger partial charge in [0, 0.05) is 12.1 Å². The quantitative estimate of drug-likeness (QED) is 0.185. The third-order valence-electron chi connectivity index (χ3n) is 4.23. The molecule has 2 aromatic carbocycles. The molecule has 0 aromatic heterocycles. The third kappa shape index (κ3) is 5.24. The lowest BCUT2D eigenvalue weighted by atomic mass is 10.1. The number of thiocarbonyl (C=S) groups is 1. The smallest absolute Gasteiger partial charge is 0.344 e. The van der Waals surface area contributed by atoms with E-state index in [2.05, 4.69) is 0 Å². The molecule has 32 heavy (non-hydrogen) atoms. The Bertz CT molecular complexity index is 1120. The predicted octanol–water partition coefficient (Wildman–Crippen LogP) is 3.95. The minimum absolute atomic E-state index is 0.135. The highest BCUT2D eigenvalue weighted by Gasteiger charge is 2.34. The molecule has 9 nitrogen and oxygen atoms in total. The van der Waals surface area contributed by atoms with E-state index in [1.165, 1.54) is 30.2 Å². The topological polar surface area (TPSA) is 108 Å². The van der Waals surface area contributed by atoms with Crippen LogP contribution in [0.3, 0.4) is 0 Å². The summed E-state index contributed by atoms with van der Waals surface area (Å²) in [5.41, 5.74) is 0.832. The standard InChI is InChI=1S/C21H18N2O7S2/c1-3-29-19(24)12-30-16-8-7-13(9-17(16)28-2)10-18-20(25)22(21(31)32-18)14-5-4-6-15(11-14)23(26)27/h4-11H,3,12H2,1-2H3/b18-10+. The lowest BCUT2D eigenvalue weighted by Gasteiger charge is -2.14. The number of hydrogen-bond acceptors (Lipinski definition) is 9. The van der Waals surface area contributed by atoms with Crippen molar-refractivity contribution in [1.82, 2.24) is 0 Å². The van der Waals surface area contributed by atoms with Gasteiger partial charge in [0.2, 0.25) is 0 Å². The second-order valence-electron chi connectivity index (χ2n) is 6.30. The van der Waals surface area contributed by atoms with Gasteiger partial charge in [0.05, 0.1) is 29.2 Å². The van der Waals surface area contributed by atoms with Crippen LogP contribution in [0.25, 0.3) is 6.08 Å². The van der Waals surface area contributed by atoms with Crippen LogP contribution in [0.5, 0.6) is 11.5 Å². The van der Waals surface area contributed by atoms with E-state index < -0.39 is 10.9 Å². The summed E-state index contributed by atoms with van der Waals surface area (Å²) < 4.78 is 15.8. The van der Waals surface area contributed by atoms with Crippen molar-refractivity contribution in [2.45, 2.75) is 6.92 Å². The highest BCUT2D eigenvalue weighted by atomic mass is 32.2. The van der Waals surface area contributed by atoms with Gasteiger partial charge in [-0.25, -0.2) is 4.79 Å².